The Hall–Kier alpha value is -0.780. The first-order valence-electron chi connectivity index (χ1n) is 5.68. The minimum atomic E-state index is 0.653. The van der Waals surface area contributed by atoms with Crippen LogP contribution in [-0.2, 0) is 0 Å². The molecule has 14 heavy (non-hydrogen) atoms. The average Bonchev–Trinajstić information content (AvgIpc) is 2.19. The summed E-state index contributed by atoms with van der Waals surface area (Å²) in [5.41, 5.74) is 2.76. The van der Waals surface area contributed by atoms with E-state index in [0.29, 0.717) is 5.92 Å². The van der Waals surface area contributed by atoms with Gasteiger partial charge in [0.05, 0.1) is 0 Å². The van der Waals surface area contributed by atoms with Crippen molar-refractivity contribution in [3.05, 3.63) is 35.4 Å². The third-order valence-electron chi connectivity index (χ3n) is 2.24. The third kappa shape index (κ3) is 5.80. The topological polar surface area (TPSA) is 0 Å². The van der Waals surface area contributed by atoms with Crippen molar-refractivity contribution >= 4 is 0 Å². The molecule has 0 aromatic heterocycles. The number of hydrogen-bond donors (Lipinski definition) is 0. The van der Waals surface area contributed by atoms with Gasteiger partial charge in [0.2, 0.25) is 0 Å². The number of hydrogen-bond acceptors (Lipinski definition) is 0. The summed E-state index contributed by atoms with van der Waals surface area (Å²) >= 11 is 0. The normalized spacial score (nSPS) is 9.57. The Morgan fingerprint density at radius 3 is 1.64 bits per heavy atom. The van der Waals surface area contributed by atoms with Gasteiger partial charge in [-0.2, -0.15) is 0 Å². The molecule has 80 valence electrons. The lowest BCUT2D eigenvalue weighted by Gasteiger charge is -2.03. The van der Waals surface area contributed by atoms with Crippen molar-refractivity contribution in [3.63, 3.8) is 0 Å². The lowest BCUT2D eigenvalue weighted by molar-refractivity contribution is 0.866. The molecule has 0 aliphatic rings. The number of rotatable bonds is 2. The summed E-state index contributed by atoms with van der Waals surface area (Å²) in [6, 6.07) is 8.71. The Labute approximate surface area is 89.4 Å². The van der Waals surface area contributed by atoms with Gasteiger partial charge in [-0.25, -0.2) is 0 Å². The predicted octanol–water partition coefficient (Wildman–Crippen LogP) is 4.92. The van der Waals surface area contributed by atoms with Gasteiger partial charge in [0.1, 0.15) is 0 Å². The molecular formula is C14H24. The van der Waals surface area contributed by atoms with E-state index in [9.17, 15) is 0 Å². The molecule has 0 spiro atoms. The van der Waals surface area contributed by atoms with Gasteiger partial charge < -0.3 is 0 Å². The highest BCUT2D eigenvalue weighted by Gasteiger charge is 1.95. The smallest absolute Gasteiger partial charge is 0.0219 e. The van der Waals surface area contributed by atoms with Gasteiger partial charge >= 0.3 is 0 Å². The first-order chi connectivity index (χ1) is 6.61. The third-order valence-corrected chi connectivity index (χ3v) is 2.24. The van der Waals surface area contributed by atoms with Gasteiger partial charge in [0, 0.05) is 0 Å². The van der Waals surface area contributed by atoms with Gasteiger partial charge in [-0.3, -0.25) is 0 Å². The maximum atomic E-state index is 2.21. The summed E-state index contributed by atoms with van der Waals surface area (Å²) in [4.78, 5) is 0. The summed E-state index contributed by atoms with van der Waals surface area (Å²) in [5, 5.41) is 0. The highest BCUT2D eigenvalue weighted by Crippen LogP contribution is 2.13. The van der Waals surface area contributed by atoms with E-state index in [0.717, 1.165) is 0 Å². The van der Waals surface area contributed by atoms with E-state index in [4.69, 9.17) is 0 Å². The van der Waals surface area contributed by atoms with Crippen LogP contribution in [0.15, 0.2) is 24.3 Å². The van der Waals surface area contributed by atoms with Crippen molar-refractivity contribution in [1.29, 1.82) is 0 Å². The van der Waals surface area contributed by atoms with Gasteiger partial charge in [-0.15, -0.1) is 0 Å². The van der Waals surface area contributed by atoms with Gasteiger partial charge in [0.15, 0.2) is 0 Å². The zero-order valence-corrected chi connectivity index (χ0v) is 10.3. The molecule has 0 heterocycles. The van der Waals surface area contributed by atoms with Crippen LogP contribution in [0.4, 0.5) is 0 Å². The van der Waals surface area contributed by atoms with Crippen molar-refractivity contribution in [2.45, 2.75) is 53.4 Å². The number of benzene rings is 1. The zero-order valence-electron chi connectivity index (χ0n) is 10.3. The molecule has 0 aliphatic carbocycles. The fourth-order valence-corrected chi connectivity index (χ4v) is 0.951. The lowest BCUT2D eigenvalue weighted by atomic mass is 10.0. The summed E-state index contributed by atoms with van der Waals surface area (Å²) in [5.74, 6) is 0.653. The van der Waals surface area contributed by atoms with Crippen molar-refractivity contribution < 1.29 is 0 Å². The fourth-order valence-electron chi connectivity index (χ4n) is 0.951. The van der Waals surface area contributed by atoms with Crippen molar-refractivity contribution in [3.8, 4) is 0 Å². The molecule has 0 N–H and O–H groups in total. The van der Waals surface area contributed by atoms with E-state index in [-0.39, 0.29) is 0 Å². The molecule has 0 amide bonds. The van der Waals surface area contributed by atoms with E-state index >= 15 is 0 Å². The van der Waals surface area contributed by atoms with E-state index in [1.807, 2.05) is 0 Å². The van der Waals surface area contributed by atoms with Crippen LogP contribution in [0.3, 0.4) is 0 Å². The zero-order chi connectivity index (χ0) is 11.0. The van der Waals surface area contributed by atoms with Crippen LogP contribution in [0.1, 0.15) is 57.6 Å². The Morgan fingerprint density at radius 2 is 1.36 bits per heavy atom. The SMILES string of the molecule is CCCC.Cc1ccc(C(C)C)cc1. The Kier molecular flexibility index (Phi) is 7.18. The van der Waals surface area contributed by atoms with Crippen LogP contribution in [0.2, 0.25) is 0 Å². The molecule has 0 bridgehead atoms. The molecule has 0 fully saturated rings. The van der Waals surface area contributed by atoms with Crippen LogP contribution in [-0.4, -0.2) is 0 Å². The molecule has 0 radical (unpaired) electrons. The second kappa shape index (κ2) is 7.61. The largest absolute Gasteiger partial charge is 0.0654 e. The summed E-state index contributed by atoms with van der Waals surface area (Å²) in [6.45, 7) is 10.9. The monoisotopic (exact) mass is 192 g/mol. The lowest BCUT2D eigenvalue weighted by Crippen LogP contribution is -1.85. The quantitative estimate of drug-likeness (QED) is 0.623. The average molecular weight is 192 g/mol. The highest BCUT2D eigenvalue weighted by molar-refractivity contribution is 5.23. The van der Waals surface area contributed by atoms with E-state index in [1.54, 1.807) is 0 Å². The van der Waals surface area contributed by atoms with Gasteiger partial charge in [0.25, 0.3) is 0 Å². The van der Waals surface area contributed by atoms with Crippen LogP contribution in [0.25, 0.3) is 0 Å². The predicted molar refractivity (Wildman–Crippen MR) is 65.9 cm³/mol. The van der Waals surface area contributed by atoms with E-state index in [2.05, 4.69) is 58.9 Å². The van der Waals surface area contributed by atoms with Crippen LogP contribution in [0, 0.1) is 6.92 Å². The maximum Gasteiger partial charge on any atom is -0.0219 e. The molecular weight excluding hydrogens is 168 g/mol. The Morgan fingerprint density at radius 1 is 0.929 bits per heavy atom. The van der Waals surface area contributed by atoms with Crippen molar-refractivity contribution in [1.82, 2.24) is 0 Å². The molecule has 0 saturated carbocycles. The summed E-state index contributed by atoms with van der Waals surface area (Å²) in [7, 11) is 0. The first kappa shape index (κ1) is 13.2. The van der Waals surface area contributed by atoms with E-state index < -0.39 is 0 Å². The number of unbranched alkanes of at least 4 members (excludes halogenated alkanes) is 1. The summed E-state index contributed by atoms with van der Waals surface area (Å²) < 4.78 is 0. The van der Waals surface area contributed by atoms with Gasteiger partial charge in [-0.1, -0.05) is 70.4 Å². The molecule has 0 nitrogen and oxygen atoms in total. The molecule has 0 unspecified atom stereocenters. The molecule has 0 heteroatoms. The first-order valence-corrected chi connectivity index (χ1v) is 5.68. The Bertz CT molecular complexity index is 216. The maximum absolute atomic E-state index is 2.21. The van der Waals surface area contributed by atoms with Crippen LogP contribution >= 0.6 is 0 Å². The van der Waals surface area contributed by atoms with Crippen molar-refractivity contribution in [2.24, 2.45) is 0 Å². The standard InChI is InChI=1S/C10H14.C4H10/c1-8(2)10-6-4-9(3)5-7-10;1-3-4-2/h4-8H,1-3H3;3-4H2,1-2H3. The van der Waals surface area contributed by atoms with Crippen molar-refractivity contribution in [2.75, 3.05) is 0 Å². The highest BCUT2D eigenvalue weighted by atomic mass is 14.0. The van der Waals surface area contributed by atoms with E-state index in [1.165, 1.54) is 24.0 Å². The minimum absolute atomic E-state index is 0.653. The second-order valence-electron chi connectivity index (χ2n) is 4.07. The minimum Gasteiger partial charge on any atom is -0.0654 e. The van der Waals surface area contributed by atoms with Crippen LogP contribution < -0.4 is 0 Å². The van der Waals surface area contributed by atoms with Gasteiger partial charge in [-0.05, 0) is 18.4 Å². The van der Waals surface area contributed by atoms with Crippen LogP contribution in [0.5, 0.6) is 0 Å². The molecule has 1 aromatic carbocycles. The summed E-state index contributed by atoms with van der Waals surface area (Å²) in [6.07, 6.45) is 2.64. The molecule has 0 aliphatic heterocycles. The Balaban J connectivity index is 0.000000364. The molecule has 1 aromatic rings. The molecule has 0 atom stereocenters. The fraction of sp³-hybridized carbons (Fsp3) is 0.571. The molecule has 0 saturated heterocycles. The molecule has 1 rings (SSSR count). The second-order valence-corrected chi connectivity index (χ2v) is 4.07. The number of aryl methyl sites for hydroxylation is 1.